The number of anilines is 2. The Morgan fingerprint density at radius 3 is 2.68 bits per heavy atom. The topological polar surface area (TPSA) is 92.6 Å². The molecule has 5 heterocycles. The minimum atomic E-state index is 0.324. The largest absolute Gasteiger partial charge is 0.361 e. The van der Waals surface area contributed by atoms with Crippen LogP contribution in [0.5, 0.6) is 0 Å². The van der Waals surface area contributed by atoms with E-state index >= 15 is 0 Å². The molecule has 144 valence electrons. The van der Waals surface area contributed by atoms with E-state index in [1.807, 2.05) is 47.1 Å². The number of rotatable bonds is 3. The van der Waals surface area contributed by atoms with Crippen molar-refractivity contribution in [3.63, 3.8) is 0 Å². The number of hydrogen-bond acceptors (Lipinski definition) is 8. The highest BCUT2D eigenvalue weighted by Crippen LogP contribution is 2.30. The van der Waals surface area contributed by atoms with Crippen molar-refractivity contribution >= 4 is 23.1 Å². The maximum absolute atomic E-state index is 4.71. The Morgan fingerprint density at radius 1 is 1.07 bits per heavy atom. The smallest absolute Gasteiger partial charge is 0.254 e. The van der Waals surface area contributed by atoms with E-state index in [0.29, 0.717) is 11.7 Å². The van der Waals surface area contributed by atoms with Gasteiger partial charge in [-0.25, -0.2) is 4.98 Å². The highest BCUT2D eigenvalue weighted by Gasteiger charge is 2.27. The van der Waals surface area contributed by atoms with Gasteiger partial charge in [0.2, 0.25) is 0 Å². The van der Waals surface area contributed by atoms with Crippen molar-refractivity contribution in [1.29, 1.82) is 0 Å². The molecule has 0 amide bonds. The number of piperidine rings is 1. The molecule has 0 unspecified atom stereocenters. The summed E-state index contributed by atoms with van der Waals surface area (Å²) in [6, 6.07) is 6.00. The highest BCUT2D eigenvalue weighted by molar-refractivity contribution is 5.48. The lowest BCUT2D eigenvalue weighted by atomic mass is 9.96. The molecular weight excluding hydrogens is 356 g/mol. The maximum atomic E-state index is 4.71. The van der Waals surface area contributed by atoms with Crippen molar-refractivity contribution < 1.29 is 0 Å². The lowest BCUT2D eigenvalue weighted by Crippen LogP contribution is -2.35. The van der Waals surface area contributed by atoms with Gasteiger partial charge in [-0.15, -0.1) is 15.3 Å². The van der Waals surface area contributed by atoms with Crippen LogP contribution in [0, 0.1) is 6.92 Å². The summed E-state index contributed by atoms with van der Waals surface area (Å²) >= 11 is 0. The Kier molecular flexibility index (Phi) is 3.85. The van der Waals surface area contributed by atoms with Crippen molar-refractivity contribution in [2.75, 3.05) is 37.0 Å². The van der Waals surface area contributed by atoms with Gasteiger partial charge in [-0.05, 0) is 31.9 Å². The first-order valence-corrected chi connectivity index (χ1v) is 9.42. The van der Waals surface area contributed by atoms with Gasteiger partial charge >= 0.3 is 0 Å². The predicted molar refractivity (Wildman–Crippen MR) is 105 cm³/mol. The quantitative estimate of drug-likeness (QED) is 0.527. The Morgan fingerprint density at radius 2 is 1.89 bits per heavy atom. The van der Waals surface area contributed by atoms with E-state index in [1.54, 1.807) is 6.33 Å². The molecule has 10 heteroatoms. The first kappa shape index (κ1) is 16.8. The Labute approximate surface area is 161 Å². The van der Waals surface area contributed by atoms with Gasteiger partial charge in [0.15, 0.2) is 11.5 Å². The molecule has 0 radical (unpaired) electrons. The molecule has 0 bridgehead atoms. The molecule has 0 saturated carbocycles. The van der Waals surface area contributed by atoms with Crippen LogP contribution < -0.4 is 9.80 Å². The summed E-state index contributed by atoms with van der Waals surface area (Å²) in [5.74, 6) is 3.84. The highest BCUT2D eigenvalue weighted by atomic mass is 15.4. The minimum absolute atomic E-state index is 0.324. The Hall–Kier alpha value is -3.30. The van der Waals surface area contributed by atoms with E-state index < -0.39 is 0 Å². The van der Waals surface area contributed by atoms with Gasteiger partial charge in [-0.2, -0.15) is 19.1 Å². The fraction of sp³-hybridized carbons (Fsp3) is 0.444. The van der Waals surface area contributed by atoms with Crippen LogP contribution in [0.4, 0.5) is 11.6 Å². The molecule has 1 aliphatic rings. The zero-order valence-corrected chi connectivity index (χ0v) is 16.2. The van der Waals surface area contributed by atoms with E-state index in [-0.39, 0.29) is 0 Å². The van der Waals surface area contributed by atoms with E-state index in [0.717, 1.165) is 54.7 Å². The Balaban J connectivity index is 1.41. The van der Waals surface area contributed by atoms with Gasteiger partial charge in [-0.3, -0.25) is 0 Å². The second kappa shape index (κ2) is 6.39. The summed E-state index contributed by atoms with van der Waals surface area (Å²) in [5.41, 5.74) is 1.73. The third-order valence-electron chi connectivity index (χ3n) is 5.28. The SMILES string of the molecule is Cc1cc(N2CCC(c3nnc4ccc(N(C)C)nn34)CC2)n2ncnc2n1. The molecule has 0 spiro atoms. The third kappa shape index (κ3) is 2.72. The first-order valence-electron chi connectivity index (χ1n) is 9.42. The van der Waals surface area contributed by atoms with E-state index in [1.165, 1.54) is 0 Å². The van der Waals surface area contributed by atoms with Gasteiger partial charge in [-0.1, -0.05) is 0 Å². The van der Waals surface area contributed by atoms with Crippen molar-refractivity contribution in [2.45, 2.75) is 25.7 Å². The lowest BCUT2D eigenvalue weighted by molar-refractivity contribution is 0.473. The first-order chi connectivity index (χ1) is 13.6. The monoisotopic (exact) mass is 378 g/mol. The average molecular weight is 378 g/mol. The van der Waals surface area contributed by atoms with Crippen molar-refractivity contribution in [2.24, 2.45) is 0 Å². The maximum Gasteiger partial charge on any atom is 0.254 e. The van der Waals surface area contributed by atoms with Gasteiger partial charge in [0.05, 0.1) is 0 Å². The van der Waals surface area contributed by atoms with Crippen LogP contribution in [-0.4, -0.2) is 66.6 Å². The second-order valence-corrected chi connectivity index (χ2v) is 7.40. The van der Waals surface area contributed by atoms with Crippen LogP contribution in [0.15, 0.2) is 24.5 Å². The summed E-state index contributed by atoms with van der Waals surface area (Å²) < 4.78 is 3.70. The summed E-state index contributed by atoms with van der Waals surface area (Å²) in [6.07, 6.45) is 3.51. The Bertz CT molecular complexity index is 1140. The molecular formula is C18H22N10. The normalized spacial score (nSPS) is 15.6. The molecule has 0 aromatic carbocycles. The van der Waals surface area contributed by atoms with E-state index in [4.69, 9.17) is 5.10 Å². The van der Waals surface area contributed by atoms with Gasteiger partial charge in [0.25, 0.3) is 5.78 Å². The molecule has 0 aliphatic carbocycles. The molecule has 5 rings (SSSR count). The number of aromatic nitrogens is 8. The van der Waals surface area contributed by atoms with Crippen LogP contribution in [0.25, 0.3) is 11.4 Å². The van der Waals surface area contributed by atoms with Crippen LogP contribution in [0.3, 0.4) is 0 Å². The second-order valence-electron chi connectivity index (χ2n) is 7.40. The predicted octanol–water partition coefficient (Wildman–Crippen LogP) is 1.32. The zero-order chi connectivity index (χ0) is 19.3. The molecule has 28 heavy (non-hydrogen) atoms. The molecule has 0 N–H and O–H groups in total. The van der Waals surface area contributed by atoms with Gasteiger partial charge in [0.1, 0.15) is 18.0 Å². The molecule has 4 aromatic rings. The molecule has 1 saturated heterocycles. The van der Waals surface area contributed by atoms with Crippen molar-refractivity contribution in [3.8, 4) is 0 Å². The van der Waals surface area contributed by atoms with Crippen LogP contribution in [0.1, 0.15) is 30.3 Å². The number of aryl methyl sites for hydroxylation is 1. The summed E-state index contributed by atoms with van der Waals surface area (Å²) in [6.45, 7) is 3.80. The fourth-order valence-electron chi connectivity index (χ4n) is 3.79. The van der Waals surface area contributed by atoms with Crippen molar-refractivity contribution in [1.82, 2.24) is 39.4 Å². The molecule has 10 nitrogen and oxygen atoms in total. The summed E-state index contributed by atoms with van der Waals surface area (Å²) in [4.78, 5) is 13.0. The van der Waals surface area contributed by atoms with E-state index in [9.17, 15) is 0 Å². The molecule has 0 atom stereocenters. The van der Waals surface area contributed by atoms with Crippen molar-refractivity contribution in [3.05, 3.63) is 36.0 Å². The molecule has 1 fully saturated rings. The number of hydrogen-bond donors (Lipinski definition) is 0. The summed E-state index contributed by atoms with van der Waals surface area (Å²) in [5, 5.41) is 17.8. The van der Waals surface area contributed by atoms with Crippen LogP contribution in [0.2, 0.25) is 0 Å². The average Bonchev–Trinajstić information content (AvgIpc) is 3.33. The molecule has 1 aliphatic heterocycles. The standard InChI is InChI=1S/C18H22N10/c1-12-10-16(28-18(21-12)19-11-20-28)26-8-6-13(7-9-26)17-23-22-14-4-5-15(25(2)3)24-27(14)17/h4-5,10-11,13H,6-9H2,1-3H3. The zero-order valence-electron chi connectivity index (χ0n) is 16.2. The van der Waals surface area contributed by atoms with Crippen LogP contribution in [-0.2, 0) is 0 Å². The molecule has 4 aromatic heterocycles. The van der Waals surface area contributed by atoms with E-state index in [2.05, 4.69) is 36.2 Å². The fourth-order valence-corrected chi connectivity index (χ4v) is 3.79. The number of fused-ring (bicyclic) bond motifs is 2. The van der Waals surface area contributed by atoms with Crippen LogP contribution >= 0.6 is 0 Å². The minimum Gasteiger partial charge on any atom is -0.361 e. The number of nitrogens with zero attached hydrogens (tertiary/aromatic N) is 10. The summed E-state index contributed by atoms with van der Waals surface area (Å²) in [7, 11) is 3.97. The van der Waals surface area contributed by atoms with Gasteiger partial charge < -0.3 is 9.80 Å². The van der Waals surface area contributed by atoms with Gasteiger partial charge in [0, 0.05) is 44.9 Å². The third-order valence-corrected chi connectivity index (χ3v) is 5.28. The lowest BCUT2D eigenvalue weighted by Gasteiger charge is -2.32.